The molecular formula is C19H21NO3. The summed E-state index contributed by atoms with van der Waals surface area (Å²) in [5, 5.41) is 2.70. The van der Waals surface area contributed by atoms with Crippen molar-refractivity contribution < 1.29 is 14.3 Å². The first-order chi connectivity index (χ1) is 11.1. The van der Waals surface area contributed by atoms with E-state index in [1.165, 1.54) is 0 Å². The SMILES string of the molecule is C=C/C(=C\C=C(/C)CC(=O)N[C@H]1CCOC1=O)c1ccccc1. The van der Waals surface area contributed by atoms with Crippen molar-refractivity contribution in [3.05, 3.63) is 66.3 Å². The lowest BCUT2D eigenvalue weighted by atomic mass is 10.0. The van der Waals surface area contributed by atoms with Gasteiger partial charge in [-0.1, -0.05) is 60.7 Å². The van der Waals surface area contributed by atoms with Crippen LogP contribution in [0.1, 0.15) is 25.3 Å². The minimum absolute atomic E-state index is 0.170. The Hall–Kier alpha value is -2.62. The van der Waals surface area contributed by atoms with Gasteiger partial charge in [0.05, 0.1) is 6.61 Å². The highest BCUT2D eigenvalue weighted by molar-refractivity contribution is 5.86. The van der Waals surface area contributed by atoms with Crippen LogP contribution >= 0.6 is 0 Å². The topological polar surface area (TPSA) is 55.4 Å². The second-order valence-corrected chi connectivity index (χ2v) is 5.46. The largest absolute Gasteiger partial charge is 0.464 e. The van der Waals surface area contributed by atoms with Gasteiger partial charge in [0.2, 0.25) is 5.91 Å². The maximum absolute atomic E-state index is 11.9. The van der Waals surface area contributed by atoms with Crippen molar-refractivity contribution in [3.8, 4) is 0 Å². The summed E-state index contributed by atoms with van der Waals surface area (Å²) < 4.78 is 4.82. The van der Waals surface area contributed by atoms with E-state index in [-0.39, 0.29) is 18.3 Å². The van der Waals surface area contributed by atoms with E-state index in [4.69, 9.17) is 4.74 Å². The van der Waals surface area contributed by atoms with E-state index < -0.39 is 6.04 Å². The quantitative estimate of drug-likeness (QED) is 0.649. The van der Waals surface area contributed by atoms with E-state index in [2.05, 4.69) is 11.9 Å². The summed E-state index contributed by atoms with van der Waals surface area (Å²) in [4.78, 5) is 23.3. The monoisotopic (exact) mass is 311 g/mol. The molecule has 0 saturated carbocycles. The smallest absolute Gasteiger partial charge is 0.328 e. The fourth-order valence-electron chi connectivity index (χ4n) is 2.33. The van der Waals surface area contributed by atoms with E-state index in [0.29, 0.717) is 13.0 Å². The summed E-state index contributed by atoms with van der Waals surface area (Å²) in [5.74, 6) is -0.520. The van der Waals surface area contributed by atoms with Gasteiger partial charge in [-0.3, -0.25) is 4.79 Å². The summed E-state index contributed by atoms with van der Waals surface area (Å²) in [7, 11) is 0. The number of hydrogen-bond donors (Lipinski definition) is 1. The van der Waals surface area contributed by atoms with Crippen molar-refractivity contribution in [2.75, 3.05) is 6.61 Å². The van der Waals surface area contributed by atoms with Crippen LogP contribution in [0.15, 0.2) is 60.7 Å². The first-order valence-electron chi connectivity index (χ1n) is 7.61. The first-order valence-corrected chi connectivity index (χ1v) is 7.61. The average molecular weight is 311 g/mol. The third-order valence-corrected chi connectivity index (χ3v) is 3.58. The Morgan fingerprint density at radius 3 is 2.70 bits per heavy atom. The Morgan fingerprint density at radius 2 is 2.09 bits per heavy atom. The Morgan fingerprint density at radius 1 is 1.35 bits per heavy atom. The molecule has 0 unspecified atom stereocenters. The number of cyclic esters (lactones) is 1. The van der Waals surface area contributed by atoms with Crippen molar-refractivity contribution in [3.63, 3.8) is 0 Å². The molecule has 1 aliphatic heterocycles. The molecule has 0 aromatic heterocycles. The van der Waals surface area contributed by atoms with Crippen LogP contribution in [0.3, 0.4) is 0 Å². The molecule has 1 aromatic carbocycles. The van der Waals surface area contributed by atoms with Crippen LogP contribution in [0.4, 0.5) is 0 Å². The number of rotatable bonds is 6. The second-order valence-electron chi connectivity index (χ2n) is 5.46. The third-order valence-electron chi connectivity index (χ3n) is 3.58. The molecule has 0 spiro atoms. The minimum Gasteiger partial charge on any atom is -0.464 e. The van der Waals surface area contributed by atoms with Gasteiger partial charge in [-0.2, -0.15) is 0 Å². The van der Waals surface area contributed by atoms with Gasteiger partial charge in [0.15, 0.2) is 0 Å². The molecule has 1 fully saturated rings. The molecule has 0 aliphatic carbocycles. The maximum Gasteiger partial charge on any atom is 0.328 e. The maximum atomic E-state index is 11.9. The zero-order chi connectivity index (χ0) is 16.7. The molecular weight excluding hydrogens is 290 g/mol. The lowest BCUT2D eigenvalue weighted by molar-refractivity contribution is -0.141. The number of allylic oxidation sites excluding steroid dienone is 4. The van der Waals surface area contributed by atoms with Gasteiger partial charge in [0.25, 0.3) is 0 Å². The summed E-state index contributed by atoms with van der Waals surface area (Å²) in [5.41, 5.74) is 2.97. The molecule has 0 radical (unpaired) electrons. The summed E-state index contributed by atoms with van der Waals surface area (Å²) in [6, 6.07) is 9.42. The molecule has 2 rings (SSSR count). The van der Waals surface area contributed by atoms with Crippen molar-refractivity contribution in [2.24, 2.45) is 0 Å². The van der Waals surface area contributed by atoms with Crippen LogP contribution in [-0.2, 0) is 14.3 Å². The predicted octanol–water partition coefficient (Wildman–Crippen LogP) is 3.02. The zero-order valence-electron chi connectivity index (χ0n) is 13.2. The molecule has 1 saturated heterocycles. The Kier molecular flexibility index (Phi) is 5.92. The van der Waals surface area contributed by atoms with E-state index >= 15 is 0 Å². The fourth-order valence-corrected chi connectivity index (χ4v) is 2.33. The number of benzene rings is 1. The van der Waals surface area contributed by atoms with Crippen molar-refractivity contribution in [2.45, 2.75) is 25.8 Å². The first kappa shape index (κ1) is 16.7. The number of hydrogen-bond acceptors (Lipinski definition) is 3. The van der Waals surface area contributed by atoms with E-state index in [1.54, 1.807) is 6.08 Å². The van der Waals surface area contributed by atoms with Gasteiger partial charge in [-0.15, -0.1) is 0 Å². The summed E-state index contributed by atoms with van der Waals surface area (Å²) in [6.45, 7) is 6.08. The number of nitrogens with one attached hydrogen (secondary N) is 1. The molecule has 1 N–H and O–H groups in total. The lowest BCUT2D eigenvalue weighted by Crippen LogP contribution is -2.37. The number of carbonyl (C=O) groups is 2. The number of carbonyl (C=O) groups excluding carboxylic acids is 2. The second kappa shape index (κ2) is 8.13. The van der Waals surface area contributed by atoms with Crippen LogP contribution in [0.2, 0.25) is 0 Å². The molecule has 23 heavy (non-hydrogen) atoms. The molecule has 4 nitrogen and oxygen atoms in total. The van der Waals surface area contributed by atoms with E-state index in [0.717, 1.165) is 16.7 Å². The molecule has 1 aromatic rings. The minimum atomic E-state index is -0.501. The van der Waals surface area contributed by atoms with Gasteiger partial charge in [0, 0.05) is 12.8 Å². The normalized spacial score (nSPS) is 18.5. The molecule has 1 aliphatic rings. The molecule has 0 bridgehead atoms. The Labute approximate surface area is 136 Å². The zero-order valence-corrected chi connectivity index (χ0v) is 13.2. The Bertz CT molecular complexity index is 644. The molecule has 1 heterocycles. The van der Waals surface area contributed by atoms with Gasteiger partial charge < -0.3 is 10.1 Å². The summed E-state index contributed by atoms with van der Waals surface area (Å²) in [6.07, 6.45) is 6.42. The third kappa shape index (κ3) is 4.95. The molecule has 120 valence electrons. The van der Waals surface area contributed by atoms with Crippen molar-refractivity contribution >= 4 is 17.4 Å². The van der Waals surface area contributed by atoms with Gasteiger partial charge in [-0.25, -0.2) is 4.79 Å². The molecule has 1 amide bonds. The average Bonchev–Trinajstić information content (AvgIpc) is 2.94. The van der Waals surface area contributed by atoms with Crippen LogP contribution in [0.25, 0.3) is 5.57 Å². The van der Waals surface area contributed by atoms with Gasteiger partial charge in [0.1, 0.15) is 6.04 Å². The van der Waals surface area contributed by atoms with Crippen LogP contribution in [0, 0.1) is 0 Å². The van der Waals surface area contributed by atoms with E-state index in [9.17, 15) is 9.59 Å². The highest BCUT2D eigenvalue weighted by atomic mass is 16.5. The van der Waals surface area contributed by atoms with Gasteiger partial charge >= 0.3 is 5.97 Å². The fraction of sp³-hybridized carbons (Fsp3) is 0.263. The number of amides is 1. The molecule has 4 heteroatoms. The summed E-state index contributed by atoms with van der Waals surface area (Å²) >= 11 is 0. The number of esters is 1. The van der Waals surface area contributed by atoms with Crippen LogP contribution in [0.5, 0.6) is 0 Å². The highest BCUT2D eigenvalue weighted by Crippen LogP contribution is 2.16. The highest BCUT2D eigenvalue weighted by Gasteiger charge is 2.27. The van der Waals surface area contributed by atoms with Crippen molar-refractivity contribution in [1.29, 1.82) is 0 Å². The van der Waals surface area contributed by atoms with Crippen molar-refractivity contribution in [1.82, 2.24) is 5.32 Å². The lowest BCUT2D eigenvalue weighted by Gasteiger charge is -2.08. The Balaban J connectivity index is 1.96. The molecule has 1 atom stereocenters. The van der Waals surface area contributed by atoms with E-state index in [1.807, 2.05) is 49.4 Å². The number of ether oxygens (including phenoxy) is 1. The van der Waals surface area contributed by atoms with Gasteiger partial charge in [-0.05, 0) is 18.1 Å². The standard InChI is InChI=1S/C19H21NO3/c1-3-15(16-7-5-4-6-8-16)10-9-14(2)13-18(21)20-17-11-12-23-19(17)22/h3-10,17H,1,11-13H2,2H3,(H,20,21)/b14-9+,15-10+/t17-/m0/s1. The van der Waals surface area contributed by atoms with Crippen LogP contribution < -0.4 is 5.32 Å². The predicted molar refractivity (Wildman–Crippen MR) is 90.5 cm³/mol. The van der Waals surface area contributed by atoms with Crippen LogP contribution in [-0.4, -0.2) is 24.5 Å².